The van der Waals surface area contributed by atoms with Crippen molar-refractivity contribution >= 4 is 35.5 Å². The van der Waals surface area contributed by atoms with Gasteiger partial charge in [-0.2, -0.15) is 0 Å². The fourth-order valence-electron chi connectivity index (χ4n) is 2.78. The second-order valence-electron chi connectivity index (χ2n) is 5.99. The number of nitrogens with zero attached hydrogens (tertiary/aromatic N) is 1. The highest BCUT2D eigenvalue weighted by Crippen LogP contribution is 2.41. The monoisotopic (exact) mass is 402 g/mol. The summed E-state index contributed by atoms with van der Waals surface area (Å²) in [6, 6.07) is 10.8. The third kappa shape index (κ3) is 4.42. The molecule has 9 heteroatoms. The van der Waals surface area contributed by atoms with Gasteiger partial charge in [-0.3, -0.25) is 19.7 Å². The zero-order chi connectivity index (χ0) is 20.1. The van der Waals surface area contributed by atoms with E-state index in [9.17, 15) is 19.2 Å². The molecule has 2 atom stereocenters. The van der Waals surface area contributed by atoms with Gasteiger partial charge in [-0.05, 0) is 24.3 Å². The van der Waals surface area contributed by atoms with Gasteiger partial charge in [-0.25, -0.2) is 4.79 Å². The lowest BCUT2D eigenvalue weighted by molar-refractivity contribution is -0.156. The number of carbonyl (C=O) groups is 4. The van der Waals surface area contributed by atoms with E-state index in [1.54, 1.807) is 42.5 Å². The maximum Gasteiger partial charge on any atom is 0.330 e. The van der Waals surface area contributed by atoms with Gasteiger partial charge in [0.25, 0.3) is 11.8 Å². The number of carbonyl (C=O) groups excluding carboxylic acids is 4. The fraction of sp³-hybridized carbons (Fsp3) is 0.263. The second kappa shape index (κ2) is 8.75. The van der Waals surface area contributed by atoms with Crippen LogP contribution in [0.25, 0.3) is 0 Å². The van der Waals surface area contributed by atoms with Gasteiger partial charge in [0.15, 0.2) is 6.61 Å². The molecule has 0 aliphatic carbocycles. The Balaban J connectivity index is 1.56. The summed E-state index contributed by atoms with van der Waals surface area (Å²) in [7, 11) is 0. The molecule has 2 heterocycles. The first kappa shape index (κ1) is 19.7. The minimum Gasteiger partial charge on any atom is -0.466 e. The van der Waals surface area contributed by atoms with E-state index in [-0.39, 0.29) is 5.91 Å². The smallest absolute Gasteiger partial charge is 0.330 e. The van der Waals surface area contributed by atoms with Crippen LogP contribution in [-0.4, -0.2) is 47.0 Å². The van der Waals surface area contributed by atoms with Gasteiger partial charge in [0.2, 0.25) is 5.91 Å². The van der Waals surface area contributed by atoms with Gasteiger partial charge in [0.05, 0.1) is 6.26 Å². The van der Waals surface area contributed by atoms with Crippen molar-refractivity contribution in [1.29, 1.82) is 0 Å². The van der Waals surface area contributed by atoms with Crippen molar-refractivity contribution in [2.75, 3.05) is 12.4 Å². The average Bonchev–Trinajstić information content (AvgIpc) is 3.36. The van der Waals surface area contributed by atoms with Gasteiger partial charge >= 0.3 is 5.97 Å². The number of rotatable bonds is 5. The molecule has 0 unspecified atom stereocenters. The molecule has 3 rings (SSSR count). The zero-order valence-corrected chi connectivity index (χ0v) is 15.8. The van der Waals surface area contributed by atoms with E-state index in [2.05, 4.69) is 5.32 Å². The topological polar surface area (TPSA) is 106 Å². The molecule has 2 aromatic rings. The quantitative estimate of drug-likeness (QED) is 0.760. The van der Waals surface area contributed by atoms with Crippen LogP contribution in [0.5, 0.6) is 0 Å². The van der Waals surface area contributed by atoms with Crippen molar-refractivity contribution in [2.45, 2.75) is 18.3 Å². The van der Waals surface area contributed by atoms with E-state index in [1.165, 1.54) is 29.8 Å². The number of furan rings is 1. The van der Waals surface area contributed by atoms with Crippen LogP contribution >= 0.6 is 11.8 Å². The Morgan fingerprint density at radius 3 is 2.57 bits per heavy atom. The lowest BCUT2D eigenvalue weighted by Crippen LogP contribution is -2.44. The summed E-state index contributed by atoms with van der Waals surface area (Å²) >= 11 is 1.37. The molecule has 28 heavy (non-hydrogen) atoms. The molecule has 1 aliphatic heterocycles. The number of imide groups is 1. The predicted molar refractivity (Wildman–Crippen MR) is 100 cm³/mol. The van der Waals surface area contributed by atoms with Crippen LogP contribution in [0.4, 0.5) is 0 Å². The van der Waals surface area contributed by atoms with Crippen LogP contribution in [0, 0.1) is 0 Å². The first-order chi connectivity index (χ1) is 13.5. The fourth-order valence-corrected chi connectivity index (χ4v) is 4.20. The van der Waals surface area contributed by atoms with Gasteiger partial charge in [0, 0.05) is 18.2 Å². The van der Waals surface area contributed by atoms with Gasteiger partial charge in [0.1, 0.15) is 17.2 Å². The number of esters is 1. The van der Waals surface area contributed by atoms with E-state index in [0.29, 0.717) is 17.1 Å². The van der Waals surface area contributed by atoms with Crippen molar-refractivity contribution in [3.05, 3.63) is 60.1 Å². The number of ether oxygens (including phenoxy) is 1. The standard InChI is InChI=1S/C19H18N2O6S/c1-12(22)21-14(11-28-18(21)15-8-5-9-26-15)19(25)27-10-16(23)20-17(24)13-6-3-2-4-7-13/h2-9,14,18H,10-11H2,1H3,(H,20,23,24)/t14-,18+/m1/s1. The highest BCUT2D eigenvalue weighted by atomic mass is 32.2. The predicted octanol–water partition coefficient (Wildman–Crippen LogP) is 1.74. The van der Waals surface area contributed by atoms with Crippen molar-refractivity contribution in [1.82, 2.24) is 10.2 Å². The molecule has 0 bridgehead atoms. The Labute approximate surface area is 165 Å². The molecule has 3 amide bonds. The summed E-state index contributed by atoms with van der Waals surface area (Å²) in [6.45, 7) is 0.739. The highest BCUT2D eigenvalue weighted by Gasteiger charge is 2.43. The van der Waals surface area contributed by atoms with Gasteiger partial charge in [-0.1, -0.05) is 18.2 Å². The van der Waals surface area contributed by atoms with E-state index in [1.807, 2.05) is 0 Å². The van der Waals surface area contributed by atoms with Gasteiger partial charge in [-0.15, -0.1) is 11.8 Å². The SMILES string of the molecule is CC(=O)N1[C@@H](C(=O)OCC(=O)NC(=O)c2ccccc2)CS[C@H]1c1ccco1. The molecule has 8 nitrogen and oxygen atoms in total. The van der Waals surface area contributed by atoms with Crippen LogP contribution in [0.15, 0.2) is 53.1 Å². The van der Waals surface area contributed by atoms with E-state index in [4.69, 9.17) is 9.15 Å². The molecular weight excluding hydrogens is 384 g/mol. The van der Waals surface area contributed by atoms with Crippen LogP contribution in [0.3, 0.4) is 0 Å². The van der Waals surface area contributed by atoms with E-state index >= 15 is 0 Å². The number of amides is 3. The molecule has 1 N–H and O–H groups in total. The summed E-state index contributed by atoms with van der Waals surface area (Å²) in [5, 5.41) is 1.72. The zero-order valence-electron chi connectivity index (χ0n) is 15.0. The van der Waals surface area contributed by atoms with Crippen molar-refractivity contribution in [3.63, 3.8) is 0 Å². The first-order valence-corrected chi connectivity index (χ1v) is 9.52. The lowest BCUT2D eigenvalue weighted by Gasteiger charge is -2.25. The molecule has 1 saturated heterocycles. The Kier molecular flexibility index (Phi) is 6.15. The lowest BCUT2D eigenvalue weighted by atomic mass is 10.2. The third-order valence-corrected chi connectivity index (χ3v) is 5.34. The number of thioether (sulfide) groups is 1. The second-order valence-corrected chi connectivity index (χ2v) is 7.11. The third-order valence-electron chi connectivity index (χ3n) is 4.06. The Hall–Kier alpha value is -3.07. The van der Waals surface area contributed by atoms with Crippen LogP contribution in [-0.2, 0) is 19.1 Å². The normalized spacial score (nSPS) is 18.5. The first-order valence-electron chi connectivity index (χ1n) is 8.47. The average molecular weight is 402 g/mol. The molecule has 1 fully saturated rings. The maximum atomic E-state index is 12.4. The molecule has 0 saturated carbocycles. The number of hydrogen-bond acceptors (Lipinski definition) is 7. The van der Waals surface area contributed by atoms with E-state index < -0.39 is 35.8 Å². The Bertz CT molecular complexity index is 868. The maximum absolute atomic E-state index is 12.4. The summed E-state index contributed by atoms with van der Waals surface area (Å²) in [4.78, 5) is 49.7. The Morgan fingerprint density at radius 2 is 1.93 bits per heavy atom. The van der Waals surface area contributed by atoms with E-state index in [0.717, 1.165) is 0 Å². The molecule has 1 aromatic heterocycles. The Morgan fingerprint density at radius 1 is 1.18 bits per heavy atom. The number of hydrogen-bond donors (Lipinski definition) is 1. The minimum absolute atomic E-state index is 0.308. The van der Waals surface area contributed by atoms with Crippen LogP contribution in [0.2, 0.25) is 0 Å². The van der Waals surface area contributed by atoms with Crippen LogP contribution in [0.1, 0.15) is 28.4 Å². The summed E-state index contributed by atoms with van der Waals surface area (Å²) in [5.41, 5.74) is 0.318. The molecular formula is C19H18N2O6S. The van der Waals surface area contributed by atoms with Crippen LogP contribution < -0.4 is 5.32 Å². The van der Waals surface area contributed by atoms with Crippen molar-refractivity contribution < 1.29 is 28.3 Å². The molecule has 146 valence electrons. The minimum atomic E-state index is -0.838. The number of nitrogens with one attached hydrogen (secondary N) is 1. The van der Waals surface area contributed by atoms with Crippen molar-refractivity contribution in [2.24, 2.45) is 0 Å². The molecule has 1 aromatic carbocycles. The molecule has 0 spiro atoms. The van der Waals surface area contributed by atoms with Gasteiger partial charge < -0.3 is 14.1 Å². The molecule has 0 radical (unpaired) electrons. The highest BCUT2D eigenvalue weighted by molar-refractivity contribution is 7.99. The summed E-state index contributed by atoms with van der Waals surface area (Å²) < 4.78 is 10.4. The van der Waals surface area contributed by atoms with Crippen molar-refractivity contribution in [3.8, 4) is 0 Å². The summed E-state index contributed by atoms with van der Waals surface area (Å²) in [6.07, 6.45) is 1.49. The largest absolute Gasteiger partial charge is 0.466 e. The summed E-state index contributed by atoms with van der Waals surface area (Å²) in [5.74, 6) is -1.47. The molecule has 1 aliphatic rings. The number of benzene rings is 1.